The van der Waals surface area contributed by atoms with E-state index < -0.39 is 18.5 Å². The van der Waals surface area contributed by atoms with E-state index in [1.807, 2.05) is 45.3 Å². The van der Waals surface area contributed by atoms with Crippen LogP contribution in [0.15, 0.2) is 30.1 Å². The lowest BCUT2D eigenvalue weighted by Crippen LogP contribution is -2.33. The molecule has 1 aliphatic carbocycles. The Kier molecular flexibility index (Phi) is 9.49. The van der Waals surface area contributed by atoms with Crippen LogP contribution in [0.4, 0.5) is 13.2 Å². The Morgan fingerprint density at radius 2 is 2.06 bits per heavy atom. The zero-order valence-electron chi connectivity index (χ0n) is 21.1. The van der Waals surface area contributed by atoms with E-state index in [2.05, 4.69) is 16.4 Å². The molecule has 0 bridgehead atoms. The molecule has 0 aromatic carbocycles. The highest BCUT2D eigenvalue weighted by Crippen LogP contribution is 2.32. The Morgan fingerprint density at radius 3 is 2.66 bits per heavy atom. The molecule has 0 amide bonds. The van der Waals surface area contributed by atoms with Crippen molar-refractivity contribution < 1.29 is 17.9 Å². The average Bonchev–Trinajstić information content (AvgIpc) is 2.80. The van der Waals surface area contributed by atoms with E-state index in [-0.39, 0.29) is 6.42 Å². The fourth-order valence-electron chi connectivity index (χ4n) is 4.09. The van der Waals surface area contributed by atoms with Crippen molar-refractivity contribution in [1.29, 1.82) is 0 Å². The van der Waals surface area contributed by atoms with Crippen molar-refractivity contribution in [2.45, 2.75) is 78.4 Å². The number of hydrogen-bond acceptors (Lipinski definition) is 4. The van der Waals surface area contributed by atoms with Crippen molar-refractivity contribution in [3.8, 4) is 0 Å². The van der Waals surface area contributed by atoms with Gasteiger partial charge in [0.1, 0.15) is 0 Å². The number of rotatable bonds is 11. The predicted octanol–water partition coefficient (Wildman–Crippen LogP) is 5.01. The number of nitrogens with zero attached hydrogens (tertiary/aromatic N) is 2. The Hall–Kier alpha value is -2.67. The Bertz CT molecular complexity index is 1150. The fraction of sp³-hybridized carbons (Fsp3) is 0.500. The number of allylic oxidation sites excluding steroid dienone is 1. The number of aryl methyl sites for hydroxylation is 2. The van der Waals surface area contributed by atoms with Gasteiger partial charge in [-0.05, 0) is 81.9 Å². The molecule has 4 nitrogen and oxygen atoms in total. The van der Waals surface area contributed by atoms with Crippen LogP contribution in [0.25, 0.3) is 17.8 Å². The summed E-state index contributed by atoms with van der Waals surface area (Å²) in [6, 6.07) is 3.88. The third kappa shape index (κ3) is 6.94. The zero-order chi connectivity index (χ0) is 25.4. The lowest BCUT2D eigenvalue weighted by Gasteiger charge is -2.22. The number of halogens is 3. The number of hydrogen-bond donors (Lipinski definition) is 1. The molecule has 1 aliphatic rings. The fourth-order valence-corrected chi connectivity index (χ4v) is 4.09. The molecule has 0 saturated heterocycles. The van der Waals surface area contributed by atoms with Gasteiger partial charge >= 0.3 is 0 Å². The van der Waals surface area contributed by atoms with E-state index in [1.54, 1.807) is 6.20 Å². The van der Waals surface area contributed by atoms with Gasteiger partial charge in [-0.3, -0.25) is 9.97 Å². The van der Waals surface area contributed by atoms with Crippen LogP contribution in [0, 0.1) is 6.92 Å². The van der Waals surface area contributed by atoms with Crippen LogP contribution in [0.1, 0.15) is 69.0 Å². The molecule has 7 heteroatoms. The smallest absolute Gasteiger partial charge is 0.278 e. The molecule has 1 atom stereocenters. The Labute approximate surface area is 206 Å². The standard InChI is InChI=1S/C28H36F3N3O/c1-5-21-11-13-33-27(26(18-35-6-2)22-8-7-9-22)25(21)17-32-16-24-14-19(3)23(15-34-24)10-12-28(30,31)20(4)29/h5,11,13-15,17,20,32H,6-10,12,16,18H2,1-4H3/b21-5+,25-17+. The molecule has 2 aromatic rings. The van der Waals surface area contributed by atoms with Crippen LogP contribution >= 0.6 is 0 Å². The van der Waals surface area contributed by atoms with E-state index in [0.29, 0.717) is 25.3 Å². The molecule has 0 spiro atoms. The summed E-state index contributed by atoms with van der Waals surface area (Å²) in [4.78, 5) is 9.15. The molecule has 0 aliphatic heterocycles. The second-order valence-electron chi connectivity index (χ2n) is 9.03. The van der Waals surface area contributed by atoms with Gasteiger partial charge in [-0.15, -0.1) is 0 Å². The maximum atomic E-state index is 13.6. The van der Waals surface area contributed by atoms with E-state index in [1.165, 1.54) is 17.6 Å². The molecule has 1 N–H and O–H groups in total. The van der Waals surface area contributed by atoms with Crippen molar-refractivity contribution >= 4 is 17.8 Å². The Balaban J connectivity index is 1.79. The first-order valence-corrected chi connectivity index (χ1v) is 12.4. The predicted molar refractivity (Wildman–Crippen MR) is 135 cm³/mol. The van der Waals surface area contributed by atoms with Crippen LogP contribution in [-0.4, -0.2) is 35.3 Å². The summed E-state index contributed by atoms with van der Waals surface area (Å²) in [5, 5.41) is 5.45. The normalized spacial score (nSPS) is 15.8. The maximum Gasteiger partial charge on any atom is 0.278 e. The SMILES string of the molecule is C/C=c1\ccnc(C(COCC)=C2CCC2)\c1=C\NCc1cc(C)c(CCC(F)(F)C(C)F)cn1. The van der Waals surface area contributed by atoms with Crippen LogP contribution in [0.2, 0.25) is 0 Å². The van der Waals surface area contributed by atoms with Gasteiger partial charge < -0.3 is 10.1 Å². The van der Waals surface area contributed by atoms with Crippen molar-refractivity contribution in [2.75, 3.05) is 13.2 Å². The highest BCUT2D eigenvalue weighted by atomic mass is 19.3. The zero-order valence-corrected chi connectivity index (χ0v) is 21.1. The van der Waals surface area contributed by atoms with Crippen molar-refractivity contribution in [1.82, 2.24) is 15.3 Å². The van der Waals surface area contributed by atoms with E-state index in [9.17, 15) is 13.2 Å². The second kappa shape index (κ2) is 12.3. The summed E-state index contributed by atoms with van der Waals surface area (Å²) >= 11 is 0. The monoisotopic (exact) mass is 487 g/mol. The van der Waals surface area contributed by atoms with Crippen LogP contribution in [0.3, 0.4) is 0 Å². The molecule has 2 aromatic heterocycles. The van der Waals surface area contributed by atoms with Crippen LogP contribution in [0.5, 0.6) is 0 Å². The number of ether oxygens (including phenoxy) is 1. The van der Waals surface area contributed by atoms with Gasteiger partial charge in [0.15, 0.2) is 6.17 Å². The minimum atomic E-state index is -3.33. The Morgan fingerprint density at radius 1 is 1.29 bits per heavy atom. The van der Waals surface area contributed by atoms with Crippen LogP contribution in [-0.2, 0) is 17.7 Å². The lowest BCUT2D eigenvalue weighted by molar-refractivity contribution is -0.0707. The van der Waals surface area contributed by atoms with E-state index >= 15 is 0 Å². The third-order valence-corrected chi connectivity index (χ3v) is 6.57. The van der Waals surface area contributed by atoms with Gasteiger partial charge in [0.05, 0.1) is 24.5 Å². The molecule has 1 unspecified atom stereocenters. The van der Waals surface area contributed by atoms with Gasteiger partial charge in [-0.1, -0.05) is 11.6 Å². The quantitative estimate of drug-likeness (QED) is 0.484. The van der Waals surface area contributed by atoms with E-state index in [0.717, 1.165) is 47.2 Å². The summed E-state index contributed by atoms with van der Waals surface area (Å²) in [6.45, 7) is 8.45. The minimum absolute atomic E-state index is 0.0892. The highest BCUT2D eigenvalue weighted by Gasteiger charge is 2.36. The first kappa shape index (κ1) is 26.9. The molecule has 3 rings (SSSR count). The van der Waals surface area contributed by atoms with Gasteiger partial charge in [0.2, 0.25) is 0 Å². The number of aromatic nitrogens is 2. The number of alkyl halides is 3. The third-order valence-electron chi connectivity index (χ3n) is 6.57. The molecule has 2 heterocycles. The second-order valence-corrected chi connectivity index (χ2v) is 9.03. The van der Waals surface area contributed by atoms with Crippen molar-refractivity contribution in [3.05, 3.63) is 63.1 Å². The molecular weight excluding hydrogens is 451 g/mol. The number of pyridine rings is 2. The summed E-state index contributed by atoms with van der Waals surface area (Å²) < 4.78 is 46.1. The summed E-state index contributed by atoms with van der Waals surface area (Å²) in [5.41, 5.74) is 5.91. The van der Waals surface area contributed by atoms with E-state index in [4.69, 9.17) is 9.72 Å². The van der Waals surface area contributed by atoms with Gasteiger partial charge in [0.25, 0.3) is 5.92 Å². The van der Waals surface area contributed by atoms with Gasteiger partial charge in [-0.25, -0.2) is 13.2 Å². The largest absolute Gasteiger partial charge is 0.385 e. The molecule has 35 heavy (non-hydrogen) atoms. The van der Waals surface area contributed by atoms with Gasteiger partial charge in [0, 0.05) is 42.4 Å². The highest BCUT2D eigenvalue weighted by molar-refractivity contribution is 5.69. The van der Waals surface area contributed by atoms with Crippen LogP contribution < -0.4 is 15.8 Å². The molecule has 190 valence electrons. The first-order valence-electron chi connectivity index (χ1n) is 12.4. The minimum Gasteiger partial charge on any atom is -0.385 e. The molecule has 0 radical (unpaired) electrons. The van der Waals surface area contributed by atoms with Crippen molar-refractivity contribution in [3.63, 3.8) is 0 Å². The topological polar surface area (TPSA) is 47.0 Å². The average molecular weight is 488 g/mol. The molecule has 1 saturated carbocycles. The first-order chi connectivity index (χ1) is 16.8. The lowest BCUT2D eigenvalue weighted by atomic mass is 9.86. The summed E-state index contributed by atoms with van der Waals surface area (Å²) in [5.74, 6) is -3.33. The number of nitrogens with one attached hydrogen (secondary N) is 1. The van der Waals surface area contributed by atoms with Crippen molar-refractivity contribution in [2.24, 2.45) is 0 Å². The summed E-state index contributed by atoms with van der Waals surface area (Å²) in [7, 11) is 0. The molecular formula is C28H36F3N3O. The van der Waals surface area contributed by atoms with Gasteiger partial charge in [-0.2, -0.15) is 0 Å². The maximum absolute atomic E-state index is 13.6. The molecule has 1 fully saturated rings. The summed E-state index contributed by atoms with van der Waals surface area (Å²) in [6.07, 6.45) is 8.26.